The van der Waals surface area contributed by atoms with E-state index in [-0.39, 0.29) is 23.9 Å². The van der Waals surface area contributed by atoms with Crippen LogP contribution in [0.5, 0.6) is 0 Å². The third-order valence-corrected chi connectivity index (χ3v) is 7.96. The summed E-state index contributed by atoms with van der Waals surface area (Å²) in [5.41, 5.74) is 4.31. The first-order valence-electron chi connectivity index (χ1n) is 13.7. The number of rotatable bonds is 5. The van der Waals surface area contributed by atoms with Gasteiger partial charge in [0.2, 0.25) is 5.91 Å². The lowest BCUT2D eigenvalue weighted by atomic mass is 10.0. The maximum atomic E-state index is 14.1. The lowest BCUT2D eigenvalue weighted by Gasteiger charge is -2.44. The van der Waals surface area contributed by atoms with E-state index in [4.69, 9.17) is 16.6 Å². The first kappa shape index (κ1) is 28.4. The highest BCUT2D eigenvalue weighted by Crippen LogP contribution is 2.36. The molecule has 1 saturated heterocycles. The summed E-state index contributed by atoms with van der Waals surface area (Å²) in [7, 11) is 0. The Morgan fingerprint density at radius 2 is 1.80 bits per heavy atom. The molecule has 1 aliphatic rings. The number of amides is 1. The minimum absolute atomic E-state index is 0.0488. The van der Waals surface area contributed by atoms with Crippen LogP contribution >= 0.6 is 11.6 Å². The predicted molar refractivity (Wildman–Crippen MR) is 163 cm³/mol. The number of nitrogens with zero attached hydrogens (tertiary/aromatic N) is 7. The topological polar surface area (TPSA) is 97.1 Å². The molecule has 1 amide bonds. The summed E-state index contributed by atoms with van der Waals surface area (Å²) in [6.45, 7) is 16.6. The van der Waals surface area contributed by atoms with Crippen molar-refractivity contribution in [2.75, 3.05) is 18.0 Å². The summed E-state index contributed by atoms with van der Waals surface area (Å²) in [4.78, 5) is 49.3. The molecule has 0 saturated carbocycles. The van der Waals surface area contributed by atoms with Gasteiger partial charge in [-0.3, -0.25) is 14.8 Å². The second kappa shape index (κ2) is 11.0. The standard InChI is InChI=1S/C31H34ClN7O2/c1-8-24(40)37-15-21(7)38(16-20(37)6)29-22-14-23(32)27(26-18(4)10-9-12-33-26)35-30(22)39(31(41)36-29)28-19(5)11-13-34-25(28)17(2)3/h8-14,17,20-21H,1,15-16H2,2-7H3/t20-,21+/m1/s1. The van der Waals surface area contributed by atoms with Gasteiger partial charge in [0, 0.05) is 37.6 Å². The van der Waals surface area contributed by atoms with Gasteiger partial charge in [-0.15, -0.1) is 0 Å². The second-order valence-electron chi connectivity index (χ2n) is 11.0. The van der Waals surface area contributed by atoms with Gasteiger partial charge >= 0.3 is 5.69 Å². The van der Waals surface area contributed by atoms with E-state index in [9.17, 15) is 9.59 Å². The summed E-state index contributed by atoms with van der Waals surface area (Å²) in [6, 6.07) is 7.27. The van der Waals surface area contributed by atoms with E-state index in [2.05, 4.69) is 26.4 Å². The van der Waals surface area contributed by atoms with Crippen LogP contribution < -0.4 is 10.6 Å². The molecule has 0 aliphatic carbocycles. The Bertz CT molecular complexity index is 1730. The van der Waals surface area contributed by atoms with Crippen molar-refractivity contribution >= 4 is 34.4 Å². The monoisotopic (exact) mass is 571 g/mol. The van der Waals surface area contributed by atoms with Gasteiger partial charge in [0.25, 0.3) is 0 Å². The first-order chi connectivity index (χ1) is 19.5. The van der Waals surface area contributed by atoms with Gasteiger partial charge in [-0.1, -0.05) is 38.1 Å². The van der Waals surface area contributed by atoms with Crippen LogP contribution in [0.25, 0.3) is 28.1 Å². The molecule has 4 aromatic rings. The highest BCUT2D eigenvalue weighted by molar-refractivity contribution is 6.33. The number of piperazine rings is 1. The maximum absolute atomic E-state index is 14.1. The van der Waals surface area contributed by atoms with Crippen LogP contribution in [0, 0.1) is 13.8 Å². The summed E-state index contributed by atoms with van der Waals surface area (Å²) < 4.78 is 1.56. The van der Waals surface area contributed by atoms with Gasteiger partial charge in [-0.25, -0.2) is 14.3 Å². The van der Waals surface area contributed by atoms with Crippen molar-refractivity contribution in [3.8, 4) is 17.1 Å². The smallest absolute Gasteiger partial charge is 0.349 e. The molecular formula is C31H34ClN7O2. The SMILES string of the molecule is C=CC(=O)N1C[C@H](C)N(c2nc(=O)n(-c3c(C)ccnc3C(C)C)c3nc(-c4ncccc4C)c(Cl)cc23)C[C@H]1C. The van der Waals surface area contributed by atoms with Crippen molar-refractivity contribution in [1.29, 1.82) is 0 Å². The third kappa shape index (κ3) is 4.99. The van der Waals surface area contributed by atoms with Crippen molar-refractivity contribution in [3.63, 3.8) is 0 Å². The Kier molecular flexibility index (Phi) is 7.66. The molecule has 0 bridgehead atoms. The Labute approximate surface area is 244 Å². The van der Waals surface area contributed by atoms with Gasteiger partial charge in [0.05, 0.1) is 27.5 Å². The number of anilines is 1. The van der Waals surface area contributed by atoms with Crippen molar-refractivity contribution in [2.24, 2.45) is 0 Å². The van der Waals surface area contributed by atoms with Crippen LogP contribution in [0.1, 0.15) is 50.4 Å². The highest BCUT2D eigenvalue weighted by atomic mass is 35.5. The van der Waals surface area contributed by atoms with E-state index in [1.54, 1.807) is 21.9 Å². The predicted octanol–water partition coefficient (Wildman–Crippen LogP) is 5.24. The Hall–Kier alpha value is -4.11. The largest absolute Gasteiger partial charge is 0.355 e. The van der Waals surface area contributed by atoms with Crippen molar-refractivity contribution < 1.29 is 4.79 Å². The van der Waals surface area contributed by atoms with E-state index >= 15 is 0 Å². The minimum atomic E-state index is -0.464. The molecule has 10 heteroatoms. The molecule has 0 spiro atoms. The fraction of sp³-hybridized carbons (Fsp3) is 0.355. The number of pyridine rings is 3. The van der Waals surface area contributed by atoms with Gasteiger partial charge < -0.3 is 9.80 Å². The number of aryl methyl sites for hydroxylation is 2. The van der Waals surface area contributed by atoms with Crippen molar-refractivity contribution in [1.82, 2.24) is 29.4 Å². The Balaban J connectivity index is 1.83. The number of fused-ring (bicyclic) bond motifs is 1. The van der Waals surface area contributed by atoms with Crippen LogP contribution in [0.15, 0.2) is 54.1 Å². The average molecular weight is 572 g/mol. The molecule has 9 nitrogen and oxygen atoms in total. The van der Waals surface area contributed by atoms with Crippen molar-refractivity contribution in [2.45, 2.75) is 59.5 Å². The zero-order valence-electron chi connectivity index (χ0n) is 24.2. The normalized spacial score (nSPS) is 17.4. The Morgan fingerprint density at radius 3 is 2.49 bits per heavy atom. The van der Waals surface area contributed by atoms with E-state index in [0.29, 0.717) is 52.0 Å². The molecule has 1 aliphatic heterocycles. The Morgan fingerprint density at radius 1 is 1.05 bits per heavy atom. The highest BCUT2D eigenvalue weighted by Gasteiger charge is 2.34. The molecule has 5 heterocycles. The summed E-state index contributed by atoms with van der Waals surface area (Å²) in [5.74, 6) is 0.413. The van der Waals surface area contributed by atoms with Gasteiger partial charge in [-0.05, 0) is 69.0 Å². The molecule has 1 fully saturated rings. The molecule has 0 unspecified atom stereocenters. The summed E-state index contributed by atoms with van der Waals surface area (Å²) in [5, 5.41) is 1.04. The minimum Gasteiger partial charge on any atom is -0.349 e. The molecule has 2 atom stereocenters. The lowest BCUT2D eigenvalue weighted by Crippen LogP contribution is -2.58. The molecule has 41 heavy (non-hydrogen) atoms. The molecule has 0 N–H and O–H groups in total. The number of carbonyl (C=O) groups excluding carboxylic acids is 1. The molecule has 0 aromatic carbocycles. The van der Waals surface area contributed by atoms with E-state index < -0.39 is 5.69 Å². The number of carbonyl (C=O) groups is 1. The fourth-order valence-corrected chi connectivity index (χ4v) is 5.80. The van der Waals surface area contributed by atoms with Crippen LogP contribution in [0.2, 0.25) is 5.02 Å². The van der Waals surface area contributed by atoms with Gasteiger partial charge in [0.15, 0.2) is 5.65 Å². The molecule has 5 rings (SSSR count). The van der Waals surface area contributed by atoms with Crippen LogP contribution in [-0.2, 0) is 4.79 Å². The maximum Gasteiger partial charge on any atom is 0.355 e. The number of halogens is 1. The number of aromatic nitrogens is 5. The van der Waals surface area contributed by atoms with Crippen molar-refractivity contribution in [3.05, 3.63) is 81.6 Å². The zero-order chi connectivity index (χ0) is 29.6. The fourth-order valence-electron chi connectivity index (χ4n) is 5.56. The van der Waals surface area contributed by atoms with E-state index in [1.165, 1.54) is 6.08 Å². The van der Waals surface area contributed by atoms with Crippen LogP contribution in [0.4, 0.5) is 5.82 Å². The van der Waals surface area contributed by atoms with E-state index in [1.807, 2.05) is 65.8 Å². The van der Waals surface area contributed by atoms with Gasteiger partial charge in [0.1, 0.15) is 11.5 Å². The molecule has 0 radical (unpaired) electrons. The first-order valence-corrected chi connectivity index (χ1v) is 14.1. The summed E-state index contributed by atoms with van der Waals surface area (Å²) in [6.07, 6.45) is 4.79. The molecule has 4 aromatic heterocycles. The number of hydrogen-bond acceptors (Lipinski definition) is 7. The molecule has 212 valence electrons. The molecular weight excluding hydrogens is 538 g/mol. The second-order valence-corrected chi connectivity index (χ2v) is 11.4. The quantitative estimate of drug-likeness (QED) is 0.302. The zero-order valence-corrected chi connectivity index (χ0v) is 25.0. The van der Waals surface area contributed by atoms with E-state index in [0.717, 1.165) is 16.8 Å². The third-order valence-electron chi connectivity index (χ3n) is 7.68. The van der Waals surface area contributed by atoms with Crippen LogP contribution in [0.3, 0.4) is 0 Å². The number of hydrogen-bond donors (Lipinski definition) is 0. The average Bonchev–Trinajstić information content (AvgIpc) is 2.94. The summed E-state index contributed by atoms with van der Waals surface area (Å²) >= 11 is 6.91. The van der Waals surface area contributed by atoms with Crippen LogP contribution in [-0.4, -0.2) is 60.5 Å². The lowest BCUT2D eigenvalue weighted by molar-refractivity contribution is -0.128. The van der Waals surface area contributed by atoms with Gasteiger partial charge in [-0.2, -0.15) is 4.98 Å².